The molecule has 0 bridgehead atoms. The minimum absolute atomic E-state index is 0.0167. The Bertz CT molecular complexity index is 995. The van der Waals surface area contributed by atoms with Crippen molar-refractivity contribution >= 4 is 17.5 Å². The van der Waals surface area contributed by atoms with E-state index < -0.39 is 0 Å². The highest BCUT2D eigenvalue weighted by atomic mass is 16.2. The Morgan fingerprint density at radius 3 is 2.53 bits per heavy atom. The molecule has 1 aliphatic carbocycles. The third-order valence-corrected chi connectivity index (χ3v) is 5.67. The van der Waals surface area contributed by atoms with Crippen LogP contribution < -0.4 is 10.6 Å². The van der Waals surface area contributed by atoms with E-state index in [1.165, 1.54) is 29.3 Å². The molecular weight excluding hydrogens is 378 g/mol. The van der Waals surface area contributed by atoms with Crippen LogP contribution in [0.3, 0.4) is 0 Å². The van der Waals surface area contributed by atoms with E-state index in [-0.39, 0.29) is 23.8 Å². The number of nitrogens with one attached hydrogen (secondary N) is 2. The van der Waals surface area contributed by atoms with Crippen LogP contribution in [0.15, 0.2) is 67.1 Å². The number of nitrogens with zero attached hydrogens (tertiary/aromatic N) is 3. The number of hydrogen-bond donors (Lipinski definition) is 2. The Hall–Kier alpha value is -3.48. The van der Waals surface area contributed by atoms with Gasteiger partial charge in [-0.05, 0) is 30.5 Å². The fourth-order valence-corrected chi connectivity index (χ4v) is 4.09. The van der Waals surface area contributed by atoms with Crippen molar-refractivity contribution in [2.45, 2.75) is 37.6 Å². The van der Waals surface area contributed by atoms with Gasteiger partial charge in [0.2, 0.25) is 5.91 Å². The maximum Gasteiger partial charge on any atom is 0.274 e. The smallest absolute Gasteiger partial charge is 0.274 e. The zero-order valence-corrected chi connectivity index (χ0v) is 16.8. The second-order valence-electron chi connectivity index (χ2n) is 7.73. The molecule has 0 radical (unpaired) electrons. The van der Waals surface area contributed by atoms with Gasteiger partial charge in [0.05, 0.1) is 11.9 Å². The number of carbonyl (C=O) groups is 2. The number of aromatic nitrogens is 3. The van der Waals surface area contributed by atoms with Crippen molar-refractivity contribution in [3.63, 3.8) is 0 Å². The standard InChI is InChI=1S/C23H25N5O2/c29-21(25-17-23(11-5-6-12-23)18-8-2-1-3-9-18)16-28-15-19(14-26-28)27-22(30)20-10-4-7-13-24-20/h1-4,7-10,13-15H,5-6,11-12,16-17H2,(H,25,29)(H,27,30). The molecule has 7 heteroatoms. The number of benzene rings is 1. The lowest BCUT2D eigenvalue weighted by Gasteiger charge is -2.30. The van der Waals surface area contributed by atoms with Gasteiger partial charge < -0.3 is 10.6 Å². The van der Waals surface area contributed by atoms with Crippen LogP contribution >= 0.6 is 0 Å². The highest BCUT2D eigenvalue weighted by Gasteiger charge is 2.35. The Morgan fingerprint density at radius 2 is 1.80 bits per heavy atom. The summed E-state index contributed by atoms with van der Waals surface area (Å²) in [6.45, 7) is 0.727. The summed E-state index contributed by atoms with van der Waals surface area (Å²) in [4.78, 5) is 28.7. The number of pyridine rings is 1. The van der Waals surface area contributed by atoms with E-state index in [1.54, 1.807) is 30.6 Å². The Morgan fingerprint density at radius 1 is 1.03 bits per heavy atom. The number of anilines is 1. The van der Waals surface area contributed by atoms with Crippen molar-refractivity contribution in [3.8, 4) is 0 Å². The summed E-state index contributed by atoms with van der Waals surface area (Å²) in [7, 11) is 0. The highest BCUT2D eigenvalue weighted by Crippen LogP contribution is 2.40. The molecule has 2 amide bonds. The largest absolute Gasteiger partial charge is 0.354 e. The maximum absolute atomic E-state index is 12.5. The summed E-state index contributed by atoms with van der Waals surface area (Å²) in [6, 6.07) is 15.6. The fraction of sp³-hybridized carbons (Fsp3) is 0.304. The van der Waals surface area contributed by atoms with Gasteiger partial charge in [-0.2, -0.15) is 5.10 Å². The van der Waals surface area contributed by atoms with Crippen molar-refractivity contribution in [2.24, 2.45) is 0 Å². The number of rotatable bonds is 7. The van der Waals surface area contributed by atoms with Crippen LogP contribution in [-0.2, 0) is 16.8 Å². The van der Waals surface area contributed by atoms with Crippen molar-refractivity contribution in [1.82, 2.24) is 20.1 Å². The molecule has 1 aromatic carbocycles. The molecule has 1 aliphatic rings. The van der Waals surface area contributed by atoms with Crippen molar-refractivity contribution < 1.29 is 9.59 Å². The molecule has 0 unspecified atom stereocenters. The molecule has 7 nitrogen and oxygen atoms in total. The van der Waals surface area contributed by atoms with Crippen molar-refractivity contribution in [2.75, 3.05) is 11.9 Å². The lowest BCUT2D eigenvalue weighted by Crippen LogP contribution is -2.40. The first-order valence-electron chi connectivity index (χ1n) is 10.2. The molecule has 1 saturated carbocycles. The van der Waals surface area contributed by atoms with Gasteiger partial charge in [-0.1, -0.05) is 49.2 Å². The lowest BCUT2D eigenvalue weighted by molar-refractivity contribution is -0.122. The first kappa shape index (κ1) is 19.8. The van der Waals surface area contributed by atoms with Crippen LogP contribution in [0.1, 0.15) is 41.7 Å². The Balaban J connectivity index is 1.33. The van der Waals surface area contributed by atoms with E-state index >= 15 is 0 Å². The van der Waals surface area contributed by atoms with E-state index in [2.05, 4.69) is 45.0 Å². The molecule has 0 atom stereocenters. The van der Waals surface area contributed by atoms with Gasteiger partial charge >= 0.3 is 0 Å². The average Bonchev–Trinajstić information content (AvgIpc) is 3.44. The predicted molar refractivity (Wildman–Crippen MR) is 114 cm³/mol. The van der Waals surface area contributed by atoms with Crippen LogP contribution in [0.25, 0.3) is 0 Å². The van der Waals surface area contributed by atoms with E-state index in [0.717, 1.165) is 12.8 Å². The zero-order valence-electron chi connectivity index (χ0n) is 16.8. The average molecular weight is 403 g/mol. The lowest BCUT2D eigenvalue weighted by atomic mass is 9.79. The van der Waals surface area contributed by atoms with Crippen molar-refractivity contribution in [1.29, 1.82) is 0 Å². The summed E-state index contributed by atoms with van der Waals surface area (Å²) < 4.78 is 1.52. The van der Waals surface area contributed by atoms with Gasteiger partial charge in [0.1, 0.15) is 12.2 Å². The molecule has 154 valence electrons. The topological polar surface area (TPSA) is 88.9 Å². The van der Waals surface area contributed by atoms with Gasteiger partial charge in [0.25, 0.3) is 5.91 Å². The molecule has 4 rings (SSSR count). The maximum atomic E-state index is 12.5. The summed E-state index contributed by atoms with van der Waals surface area (Å²) >= 11 is 0. The second kappa shape index (κ2) is 8.90. The molecule has 2 N–H and O–H groups in total. The quantitative estimate of drug-likeness (QED) is 0.634. The van der Waals surface area contributed by atoms with E-state index in [1.807, 2.05) is 6.07 Å². The minimum Gasteiger partial charge on any atom is -0.354 e. The van der Waals surface area contributed by atoms with Gasteiger partial charge in [0, 0.05) is 24.4 Å². The molecule has 0 spiro atoms. The third kappa shape index (κ3) is 4.56. The molecule has 0 aliphatic heterocycles. The second-order valence-corrected chi connectivity index (χ2v) is 7.73. The third-order valence-electron chi connectivity index (χ3n) is 5.67. The summed E-state index contributed by atoms with van der Waals surface area (Å²) in [5.74, 6) is -0.409. The summed E-state index contributed by atoms with van der Waals surface area (Å²) in [5.41, 5.74) is 2.16. The number of hydrogen-bond acceptors (Lipinski definition) is 4. The Labute approximate surface area is 175 Å². The molecule has 1 fully saturated rings. The number of amides is 2. The van der Waals surface area contributed by atoms with E-state index in [4.69, 9.17) is 0 Å². The number of carbonyl (C=O) groups excluding carboxylic acids is 2. The van der Waals surface area contributed by atoms with Gasteiger partial charge in [0.15, 0.2) is 0 Å². The molecule has 30 heavy (non-hydrogen) atoms. The minimum atomic E-state index is -0.314. The predicted octanol–water partition coefficient (Wildman–Crippen LogP) is 3.16. The molecular formula is C23H25N5O2. The first-order chi connectivity index (χ1) is 14.6. The highest BCUT2D eigenvalue weighted by molar-refractivity contribution is 6.02. The van der Waals surface area contributed by atoms with Crippen LogP contribution in [0.4, 0.5) is 5.69 Å². The van der Waals surface area contributed by atoms with Crippen LogP contribution in [0.2, 0.25) is 0 Å². The van der Waals surface area contributed by atoms with E-state index in [0.29, 0.717) is 17.9 Å². The Kier molecular flexibility index (Phi) is 5.88. The molecule has 0 saturated heterocycles. The molecule has 3 aromatic rings. The van der Waals surface area contributed by atoms with Crippen molar-refractivity contribution in [3.05, 3.63) is 78.4 Å². The van der Waals surface area contributed by atoms with Crippen LogP contribution in [-0.4, -0.2) is 33.1 Å². The monoisotopic (exact) mass is 403 g/mol. The summed E-state index contributed by atoms with van der Waals surface area (Å²) in [6.07, 6.45) is 9.27. The SMILES string of the molecule is O=C(Cn1cc(NC(=O)c2ccccn2)cn1)NCC1(c2ccccc2)CCCC1. The van der Waals surface area contributed by atoms with Gasteiger partial charge in [-0.3, -0.25) is 19.3 Å². The van der Waals surface area contributed by atoms with Crippen LogP contribution in [0.5, 0.6) is 0 Å². The fourth-order valence-electron chi connectivity index (χ4n) is 4.09. The normalized spacial score (nSPS) is 14.9. The van der Waals surface area contributed by atoms with Gasteiger partial charge in [-0.25, -0.2) is 0 Å². The van der Waals surface area contributed by atoms with E-state index in [9.17, 15) is 9.59 Å². The summed E-state index contributed by atoms with van der Waals surface area (Å²) in [5, 5.41) is 10.0. The molecule has 2 heterocycles. The zero-order chi connectivity index (χ0) is 20.8. The molecule has 2 aromatic heterocycles. The first-order valence-corrected chi connectivity index (χ1v) is 10.2. The van der Waals surface area contributed by atoms with Gasteiger partial charge in [-0.15, -0.1) is 0 Å². The van der Waals surface area contributed by atoms with Crippen LogP contribution in [0, 0.1) is 0 Å².